The Bertz CT molecular complexity index is 1550. The lowest BCUT2D eigenvalue weighted by Gasteiger charge is -2.38. The quantitative estimate of drug-likeness (QED) is 0.215. The Morgan fingerprint density at radius 3 is 0.760 bits per heavy atom. The van der Waals surface area contributed by atoms with Crippen molar-refractivity contribution in [3.63, 3.8) is 0 Å². The van der Waals surface area contributed by atoms with Crippen LogP contribution in [0.4, 0.5) is 22.7 Å². The molecule has 6 aliphatic heterocycles. The Kier molecular flexibility index (Phi) is 11.3. The third-order valence-corrected chi connectivity index (χ3v) is 9.74. The van der Waals surface area contributed by atoms with Crippen molar-refractivity contribution in [2.75, 3.05) is 98.1 Å². The van der Waals surface area contributed by atoms with Crippen LogP contribution in [0.15, 0.2) is 117 Å². The predicted octanol–water partition coefficient (Wildman–Crippen LogP) is 6.51. The van der Waals surface area contributed by atoms with Gasteiger partial charge in [-0.25, -0.2) is 0 Å². The molecule has 50 heavy (non-hydrogen) atoms. The van der Waals surface area contributed by atoms with E-state index in [2.05, 4.69) is 142 Å². The summed E-state index contributed by atoms with van der Waals surface area (Å²) in [5, 5.41) is 0. The van der Waals surface area contributed by atoms with Gasteiger partial charge in [-0.3, -0.25) is 20.0 Å². The second-order valence-corrected chi connectivity index (χ2v) is 13.0. The monoisotopic (exact) mass is 664 g/mol. The lowest BCUT2D eigenvalue weighted by molar-refractivity contribution is 0.653. The first-order valence-corrected chi connectivity index (χ1v) is 18.2. The van der Waals surface area contributed by atoms with Gasteiger partial charge in [-0.1, -0.05) is 72.8 Å². The van der Waals surface area contributed by atoms with E-state index in [1.54, 1.807) is 0 Å². The van der Waals surface area contributed by atoms with E-state index in [4.69, 9.17) is 20.0 Å². The predicted molar refractivity (Wildman–Crippen MR) is 214 cm³/mol. The van der Waals surface area contributed by atoms with E-state index in [1.807, 2.05) is 0 Å². The van der Waals surface area contributed by atoms with E-state index in [9.17, 15) is 0 Å². The summed E-state index contributed by atoms with van der Waals surface area (Å²) in [5.41, 5.74) is 9.74. The van der Waals surface area contributed by atoms with Gasteiger partial charge < -0.3 is 19.6 Å². The number of nitrogens with zero attached hydrogens (tertiary/aromatic N) is 8. The minimum Gasteiger partial charge on any atom is -0.367 e. The second-order valence-electron chi connectivity index (χ2n) is 13.0. The first-order valence-electron chi connectivity index (χ1n) is 18.2. The summed E-state index contributed by atoms with van der Waals surface area (Å²) in [4.78, 5) is 29.3. The van der Waals surface area contributed by atoms with E-state index in [-0.39, 0.29) is 0 Å². The van der Waals surface area contributed by atoms with E-state index < -0.39 is 0 Å². The normalized spacial score (nSPS) is 17.6. The van der Waals surface area contributed by atoms with Crippen LogP contribution in [-0.2, 0) is 0 Å². The fourth-order valence-corrected chi connectivity index (χ4v) is 7.07. The van der Waals surface area contributed by atoms with Crippen LogP contribution in [0.1, 0.15) is 35.1 Å². The molecule has 4 aromatic carbocycles. The van der Waals surface area contributed by atoms with Gasteiger partial charge in [-0.15, -0.1) is 0 Å². The molecule has 0 spiro atoms. The van der Waals surface area contributed by atoms with Crippen molar-refractivity contribution >= 4 is 47.6 Å². The van der Waals surface area contributed by atoms with Crippen LogP contribution in [0, 0.1) is 0 Å². The standard InChI is InChI=1S/C42H48N8/c1-5-15-39-35(11-1)31-43-19-9-20-44-32-37-13-3-7-17-41(37)49-27-29-50(30-28-49)42-18-8-4-14-38(42)34-46-22-10-21-45-33-36-12-2-6-16-40(36)48-25-23-47(39)24-26-48/h1-8,11-18,31-34H,9-10,19-30H2. The Balaban J connectivity index is 1.08. The highest BCUT2D eigenvalue weighted by molar-refractivity contribution is 5.90. The third kappa shape index (κ3) is 8.30. The average molecular weight is 665 g/mol. The van der Waals surface area contributed by atoms with Crippen LogP contribution < -0.4 is 19.6 Å². The molecule has 0 amide bonds. The molecule has 0 unspecified atom stereocenters. The molecule has 4 bridgehead atoms. The molecule has 6 aliphatic rings. The SMILES string of the molecule is C1=NCCCN=Cc2ccccc2N2CCN(CC2)c2ccccc2C=NCCCN=Cc2ccccc2N2CCN(CC2)c2ccccc21. The van der Waals surface area contributed by atoms with E-state index in [1.165, 1.54) is 45.0 Å². The highest BCUT2D eigenvalue weighted by atomic mass is 15.3. The molecule has 0 radical (unpaired) electrons. The molecule has 0 aliphatic carbocycles. The smallest absolute Gasteiger partial charge is 0.0456 e. The Morgan fingerprint density at radius 2 is 0.520 bits per heavy atom. The number of aliphatic imine (C=N–C) groups is 4. The van der Waals surface area contributed by atoms with Crippen molar-refractivity contribution in [1.29, 1.82) is 0 Å². The van der Waals surface area contributed by atoms with Crippen molar-refractivity contribution in [3.8, 4) is 0 Å². The van der Waals surface area contributed by atoms with Gasteiger partial charge in [0.1, 0.15) is 0 Å². The molecule has 0 saturated carbocycles. The number of para-hydroxylation sites is 4. The van der Waals surface area contributed by atoms with E-state index in [0.717, 1.165) is 91.4 Å². The van der Waals surface area contributed by atoms with Gasteiger partial charge in [-0.05, 0) is 37.1 Å². The van der Waals surface area contributed by atoms with Gasteiger partial charge in [0, 0.05) is 148 Å². The summed E-state index contributed by atoms with van der Waals surface area (Å²) in [6.07, 6.45) is 10.0. The minimum absolute atomic E-state index is 0.758. The number of hydrogen-bond donors (Lipinski definition) is 0. The van der Waals surface area contributed by atoms with E-state index >= 15 is 0 Å². The Labute approximate surface area is 297 Å². The zero-order valence-corrected chi connectivity index (χ0v) is 29.0. The van der Waals surface area contributed by atoms with Crippen LogP contribution in [0.5, 0.6) is 0 Å². The van der Waals surface area contributed by atoms with Gasteiger partial charge in [0.2, 0.25) is 0 Å². The van der Waals surface area contributed by atoms with Crippen LogP contribution in [0.2, 0.25) is 0 Å². The van der Waals surface area contributed by atoms with Gasteiger partial charge >= 0.3 is 0 Å². The first kappa shape index (κ1) is 33.3. The van der Waals surface area contributed by atoms with Gasteiger partial charge in [0.15, 0.2) is 0 Å². The van der Waals surface area contributed by atoms with Crippen LogP contribution in [0.25, 0.3) is 0 Å². The maximum absolute atomic E-state index is 4.82. The average Bonchev–Trinajstić information content (AvgIpc) is 3.18. The fraction of sp³-hybridized carbons (Fsp3) is 0.333. The molecule has 6 heterocycles. The number of benzene rings is 4. The summed E-state index contributed by atoms with van der Waals surface area (Å²) in [6, 6.07) is 34.6. The fourth-order valence-electron chi connectivity index (χ4n) is 7.07. The topological polar surface area (TPSA) is 62.4 Å². The van der Waals surface area contributed by atoms with Crippen molar-refractivity contribution in [3.05, 3.63) is 119 Å². The number of piperazine rings is 2. The molecular weight excluding hydrogens is 617 g/mol. The zero-order valence-electron chi connectivity index (χ0n) is 29.0. The maximum Gasteiger partial charge on any atom is 0.0456 e. The molecule has 2 saturated heterocycles. The lowest BCUT2D eigenvalue weighted by atomic mass is 10.1. The van der Waals surface area contributed by atoms with E-state index in [0.29, 0.717) is 0 Å². The summed E-state index contributed by atoms with van der Waals surface area (Å²) in [5.74, 6) is 0. The van der Waals surface area contributed by atoms with Crippen LogP contribution >= 0.6 is 0 Å². The molecule has 2 fully saturated rings. The van der Waals surface area contributed by atoms with Crippen molar-refractivity contribution in [1.82, 2.24) is 0 Å². The summed E-state index contributed by atoms with van der Waals surface area (Å²) < 4.78 is 0. The molecule has 0 aromatic heterocycles. The van der Waals surface area contributed by atoms with Crippen molar-refractivity contribution in [2.45, 2.75) is 12.8 Å². The highest BCUT2D eigenvalue weighted by Crippen LogP contribution is 2.27. The molecule has 8 nitrogen and oxygen atoms in total. The third-order valence-electron chi connectivity index (χ3n) is 9.74. The number of anilines is 4. The molecule has 0 N–H and O–H groups in total. The maximum atomic E-state index is 4.82. The molecule has 256 valence electrons. The van der Waals surface area contributed by atoms with Crippen molar-refractivity contribution in [2.24, 2.45) is 20.0 Å². The molecule has 8 heteroatoms. The van der Waals surface area contributed by atoms with Gasteiger partial charge in [0.05, 0.1) is 0 Å². The largest absolute Gasteiger partial charge is 0.367 e. The molecule has 10 rings (SSSR count). The minimum atomic E-state index is 0.758. The Hall–Kier alpha value is -5.24. The lowest BCUT2D eigenvalue weighted by Crippen LogP contribution is -2.47. The molecular formula is C42H48N8. The first-order chi connectivity index (χ1) is 24.8. The number of hydrogen-bond acceptors (Lipinski definition) is 8. The van der Waals surface area contributed by atoms with Crippen LogP contribution in [-0.4, -0.2) is 103 Å². The second kappa shape index (κ2) is 16.9. The summed E-state index contributed by atoms with van der Waals surface area (Å²) in [7, 11) is 0. The summed E-state index contributed by atoms with van der Waals surface area (Å²) in [6.45, 7) is 10.7. The highest BCUT2D eigenvalue weighted by Gasteiger charge is 2.22. The molecule has 4 aromatic rings. The molecule has 0 atom stereocenters. The van der Waals surface area contributed by atoms with Crippen molar-refractivity contribution < 1.29 is 0 Å². The summed E-state index contributed by atoms with van der Waals surface area (Å²) >= 11 is 0. The van der Waals surface area contributed by atoms with Gasteiger partial charge in [-0.2, -0.15) is 0 Å². The Morgan fingerprint density at radius 1 is 0.300 bits per heavy atom. The zero-order chi connectivity index (χ0) is 33.8. The van der Waals surface area contributed by atoms with Crippen LogP contribution in [0.3, 0.4) is 0 Å². The number of rotatable bonds is 0. The van der Waals surface area contributed by atoms with Gasteiger partial charge in [0.25, 0.3) is 0 Å².